The predicted molar refractivity (Wildman–Crippen MR) is 79.4 cm³/mol. The minimum Gasteiger partial charge on any atom is -0.389 e. The first kappa shape index (κ1) is 15.8. The number of hydrogen-bond acceptors (Lipinski definition) is 5. The smallest absolute Gasteiger partial charge is 0.243 e. The Kier molecular flexibility index (Phi) is 4.89. The van der Waals surface area contributed by atoms with Gasteiger partial charge in [0, 0.05) is 32.3 Å². The van der Waals surface area contributed by atoms with Crippen molar-refractivity contribution in [3.63, 3.8) is 0 Å². The number of aliphatic hydroxyl groups excluding tert-OH is 1. The molecule has 0 saturated carbocycles. The molecule has 1 heterocycles. The molecule has 1 aromatic heterocycles. The lowest BCUT2D eigenvalue weighted by molar-refractivity contribution is 0.0554. The van der Waals surface area contributed by atoms with Gasteiger partial charge in [0.2, 0.25) is 10.0 Å². The van der Waals surface area contributed by atoms with Crippen molar-refractivity contribution < 1.29 is 18.3 Å². The van der Waals surface area contributed by atoms with Crippen molar-refractivity contribution >= 4 is 20.9 Å². The standard InChI is InChI=1S/C14H18N2O4S/c1-16(9-11(17)10-20-2)21(18,19)14-7-3-6-13-12(14)5-4-8-15-13/h3-8,11,17H,9-10H2,1-2H3. The van der Waals surface area contributed by atoms with Gasteiger partial charge >= 0.3 is 0 Å². The molecule has 1 unspecified atom stereocenters. The minimum absolute atomic E-state index is 0.0349. The minimum atomic E-state index is -3.70. The molecule has 0 bridgehead atoms. The van der Waals surface area contributed by atoms with E-state index in [1.54, 1.807) is 36.5 Å². The number of hydrogen-bond donors (Lipinski definition) is 1. The van der Waals surface area contributed by atoms with Crippen molar-refractivity contribution in [1.29, 1.82) is 0 Å². The van der Waals surface area contributed by atoms with Gasteiger partial charge in [-0.1, -0.05) is 6.07 Å². The van der Waals surface area contributed by atoms with Crippen molar-refractivity contribution in [2.75, 3.05) is 27.3 Å². The first-order chi connectivity index (χ1) is 9.96. The van der Waals surface area contributed by atoms with Crippen LogP contribution in [0.25, 0.3) is 10.9 Å². The summed E-state index contributed by atoms with van der Waals surface area (Å²) in [6, 6.07) is 8.37. The van der Waals surface area contributed by atoms with Gasteiger partial charge in [-0.15, -0.1) is 0 Å². The van der Waals surface area contributed by atoms with Crippen LogP contribution in [0.1, 0.15) is 0 Å². The van der Waals surface area contributed by atoms with Crippen LogP contribution < -0.4 is 0 Å². The molecular formula is C14H18N2O4S. The monoisotopic (exact) mass is 310 g/mol. The molecule has 0 amide bonds. The molecule has 0 aliphatic heterocycles. The van der Waals surface area contributed by atoms with Gasteiger partial charge in [0.25, 0.3) is 0 Å². The summed E-state index contributed by atoms with van der Waals surface area (Å²) in [5.74, 6) is 0. The highest BCUT2D eigenvalue weighted by molar-refractivity contribution is 7.89. The molecule has 1 atom stereocenters. The van der Waals surface area contributed by atoms with Gasteiger partial charge in [0.15, 0.2) is 0 Å². The fourth-order valence-electron chi connectivity index (χ4n) is 2.11. The summed E-state index contributed by atoms with van der Waals surface area (Å²) in [4.78, 5) is 4.33. The summed E-state index contributed by atoms with van der Waals surface area (Å²) in [5.41, 5.74) is 0.615. The van der Waals surface area contributed by atoms with Crippen LogP contribution in [-0.2, 0) is 14.8 Å². The topological polar surface area (TPSA) is 79.7 Å². The third-order valence-electron chi connectivity index (χ3n) is 3.12. The number of fused-ring (bicyclic) bond motifs is 1. The molecule has 0 spiro atoms. The Hall–Kier alpha value is -1.54. The Morgan fingerprint density at radius 1 is 1.33 bits per heavy atom. The average Bonchev–Trinajstić information content (AvgIpc) is 2.46. The predicted octanol–water partition coefficient (Wildman–Crippen LogP) is 0.863. The highest BCUT2D eigenvalue weighted by atomic mass is 32.2. The van der Waals surface area contributed by atoms with E-state index in [1.165, 1.54) is 14.2 Å². The van der Waals surface area contributed by atoms with E-state index in [1.807, 2.05) is 0 Å². The van der Waals surface area contributed by atoms with Crippen LogP contribution >= 0.6 is 0 Å². The molecule has 0 radical (unpaired) electrons. The maximum atomic E-state index is 12.6. The molecule has 21 heavy (non-hydrogen) atoms. The van der Waals surface area contributed by atoms with Gasteiger partial charge in [-0.3, -0.25) is 4.98 Å². The number of likely N-dealkylation sites (N-methyl/N-ethyl adjacent to an activating group) is 1. The highest BCUT2D eigenvalue weighted by Crippen LogP contribution is 2.23. The Balaban J connectivity index is 2.38. The van der Waals surface area contributed by atoms with Gasteiger partial charge in [0.1, 0.15) is 0 Å². The zero-order valence-electron chi connectivity index (χ0n) is 11.9. The number of rotatable bonds is 6. The van der Waals surface area contributed by atoms with Crippen LogP contribution in [0.5, 0.6) is 0 Å². The van der Waals surface area contributed by atoms with E-state index in [2.05, 4.69) is 4.98 Å². The summed E-state index contributed by atoms with van der Waals surface area (Å²) < 4.78 is 31.2. The number of ether oxygens (including phenoxy) is 1. The third-order valence-corrected chi connectivity index (χ3v) is 5.00. The van der Waals surface area contributed by atoms with E-state index in [0.29, 0.717) is 10.9 Å². The Bertz CT molecular complexity index is 712. The molecule has 1 N–H and O–H groups in total. The van der Waals surface area contributed by atoms with Crippen molar-refractivity contribution in [2.24, 2.45) is 0 Å². The Labute approximate surface area is 124 Å². The van der Waals surface area contributed by atoms with Crippen LogP contribution in [0, 0.1) is 0 Å². The van der Waals surface area contributed by atoms with Crippen LogP contribution in [0.2, 0.25) is 0 Å². The number of aromatic nitrogens is 1. The number of benzene rings is 1. The zero-order valence-corrected chi connectivity index (χ0v) is 12.7. The third kappa shape index (κ3) is 3.38. The molecular weight excluding hydrogens is 292 g/mol. The second kappa shape index (κ2) is 6.48. The van der Waals surface area contributed by atoms with Crippen molar-refractivity contribution in [3.05, 3.63) is 36.5 Å². The molecule has 7 heteroatoms. The van der Waals surface area contributed by atoms with Crippen molar-refractivity contribution in [1.82, 2.24) is 9.29 Å². The second-order valence-electron chi connectivity index (χ2n) is 4.72. The number of nitrogens with zero attached hydrogens (tertiary/aromatic N) is 2. The fraction of sp³-hybridized carbons (Fsp3) is 0.357. The quantitative estimate of drug-likeness (QED) is 0.856. The van der Waals surface area contributed by atoms with Gasteiger partial charge in [-0.2, -0.15) is 4.31 Å². The maximum absolute atomic E-state index is 12.6. The van der Waals surface area contributed by atoms with E-state index in [-0.39, 0.29) is 18.0 Å². The molecule has 0 aliphatic rings. The normalized spacial score (nSPS) is 13.7. The molecule has 0 saturated heterocycles. The average molecular weight is 310 g/mol. The van der Waals surface area contributed by atoms with Gasteiger partial charge < -0.3 is 9.84 Å². The molecule has 114 valence electrons. The fourth-order valence-corrected chi connectivity index (χ4v) is 3.51. The lowest BCUT2D eigenvalue weighted by Crippen LogP contribution is -2.36. The van der Waals surface area contributed by atoms with Crippen LogP contribution in [0.4, 0.5) is 0 Å². The molecule has 0 aliphatic carbocycles. The molecule has 0 fully saturated rings. The number of aliphatic hydroxyl groups is 1. The van der Waals surface area contributed by atoms with E-state index in [4.69, 9.17) is 4.74 Å². The number of pyridine rings is 1. The zero-order chi connectivity index (χ0) is 15.5. The lowest BCUT2D eigenvalue weighted by Gasteiger charge is -2.21. The lowest BCUT2D eigenvalue weighted by atomic mass is 10.2. The SMILES string of the molecule is COCC(O)CN(C)S(=O)(=O)c1cccc2ncccc12. The molecule has 2 rings (SSSR count). The van der Waals surface area contributed by atoms with Gasteiger partial charge in [0.05, 0.1) is 23.1 Å². The van der Waals surface area contributed by atoms with E-state index < -0.39 is 16.1 Å². The summed E-state index contributed by atoms with van der Waals surface area (Å²) in [5, 5.41) is 10.3. The Morgan fingerprint density at radius 3 is 2.81 bits per heavy atom. The van der Waals surface area contributed by atoms with Crippen molar-refractivity contribution in [3.8, 4) is 0 Å². The molecule has 2 aromatic rings. The van der Waals surface area contributed by atoms with E-state index >= 15 is 0 Å². The number of methoxy groups -OCH3 is 1. The van der Waals surface area contributed by atoms with Crippen LogP contribution in [0.3, 0.4) is 0 Å². The molecule has 6 nitrogen and oxygen atoms in total. The summed E-state index contributed by atoms with van der Waals surface area (Å²) in [6.45, 7) is 0.0454. The van der Waals surface area contributed by atoms with Crippen molar-refractivity contribution in [2.45, 2.75) is 11.0 Å². The van der Waals surface area contributed by atoms with E-state index in [9.17, 15) is 13.5 Å². The Morgan fingerprint density at radius 2 is 2.10 bits per heavy atom. The maximum Gasteiger partial charge on any atom is 0.243 e. The van der Waals surface area contributed by atoms with Crippen LogP contribution in [-0.4, -0.2) is 56.2 Å². The van der Waals surface area contributed by atoms with Gasteiger partial charge in [-0.05, 0) is 24.3 Å². The summed E-state index contributed by atoms with van der Waals surface area (Å²) >= 11 is 0. The first-order valence-corrected chi connectivity index (χ1v) is 7.88. The summed E-state index contributed by atoms with van der Waals surface area (Å²) in [7, 11) is -0.815. The number of sulfonamides is 1. The second-order valence-corrected chi connectivity index (χ2v) is 6.73. The first-order valence-electron chi connectivity index (χ1n) is 6.44. The van der Waals surface area contributed by atoms with Crippen LogP contribution in [0.15, 0.2) is 41.4 Å². The summed E-state index contributed by atoms with van der Waals surface area (Å²) in [6.07, 6.45) is 0.744. The molecule has 1 aromatic carbocycles. The largest absolute Gasteiger partial charge is 0.389 e. The van der Waals surface area contributed by atoms with E-state index in [0.717, 1.165) is 4.31 Å². The van der Waals surface area contributed by atoms with Gasteiger partial charge in [-0.25, -0.2) is 8.42 Å². The highest BCUT2D eigenvalue weighted by Gasteiger charge is 2.24.